The molecule has 10 heteroatoms. The van der Waals surface area contributed by atoms with Crippen molar-refractivity contribution >= 4 is 61.9 Å². The maximum Gasteiger partial charge on any atom is 0.338 e. The zero-order valence-electron chi connectivity index (χ0n) is 20.8. The van der Waals surface area contributed by atoms with Gasteiger partial charge in [-0.2, -0.15) is 0 Å². The number of nitrogens with zero attached hydrogens (tertiary/aromatic N) is 2. The van der Waals surface area contributed by atoms with Crippen molar-refractivity contribution in [3.05, 3.63) is 86.5 Å². The maximum atomic E-state index is 13.9. The van der Waals surface area contributed by atoms with Crippen molar-refractivity contribution in [2.45, 2.75) is 32.7 Å². The summed E-state index contributed by atoms with van der Waals surface area (Å²) in [6.07, 6.45) is 3.19. The predicted octanol–water partition coefficient (Wildman–Crippen LogP) is 4.96. The summed E-state index contributed by atoms with van der Waals surface area (Å²) in [4.78, 5) is 32.6. The van der Waals surface area contributed by atoms with E-state index >= 15 is 0 Å². The summed E-state index contributed by atoms with van der Waals surface area (Å²) in [7, 11) is 3.20. The van der Waals surface area contributed by atoms with E-state index in [1.54, 1.807) is 25.7 Å². The minimum absolute atomic E-state index is 0.213. The van der Waals surface area contributed by atoms with E-state index in [1.165, 1.54) is 11.3 Å². The fraction of sp³-hybridized carbons (Fsp3) is 0.296. The van der Waals surface area contributed by atoms with Crippen molar-refractivity contribution in [2.75, 3.05) is 20.8 Å². The molecule has 1 aliphatic rings. The Morgan fingerprint density at radius 2 is 1.89 bits per heavy atom. The molecular formula is C27H26BrIN2O5S. The molecule has 3 aromatic rings. The zero-order valence-corrected chi connectivity index (χ0v) is 25.4. The number of allylic oxidation sites excluding steroid dienone is 1. The minimum Gasteiger partial charge on any atom is -0.496 e. The average Bonchev–Trinajstić information content (AvgIpc) is 3.18. The van der Waals surface area contributed by atoms with E-state index in [9.17, 15) is 9.59 Å². The second-order valence-electron chi connectivity index (χ2n) is 8.19. The molecule has 37 heavy (non-hydrogen) atoms. The molecule has 2 aromatic carbocycles. The molecule has 0 fully saturated rings. The van der Waals surface area contributed by atoms with Crippen molar-refractivity contribution in [1.82, 2.24) is 4.57 Å². The fourth-order valence-corrected chi connectivity index (χ4v) is 6.42. The summed E-state index contributed by atoms with van der Waals surface area (Å²) in [5.41, 5.74) is 2.29. The van der Waals surface area contributed by atoms with Gasteiger partial charge in [-0.3, -0.25) is 9.36 Å². The molecule has 0 bridgehead atoms. The number of ether oxygens (including phenoxy) is 3. The van der Waals surface area contributed by atoms with Gasteiger partial charge in [0.05, 0.1) is 40.2 Å². The van der Waals surface area contributed by atoms with E-state index < -0.39 is 12.0 Å². The molecule has 1 aromatic heterocycles. The first kappa shape index (κ1) is 27.6. The Labute approximate surface area is 240 Å². The molecule has 1 atom stereocenters. The van der Waals surface area contributed by atoms with Crippen LogP contribution in [0.15, 0.2) is 61.9 Å². The van der Waals surface area contributed by atoms with Gasteiger partial charge >= 0.3 is 5.97 Å². The number of hydrogen-bond acceptors (Lipinski definition) is 7. The fourth-order valence-electron chi connectivity index (χ4n) is 4.26. The maximum absolute atomic E-state index is 13.9. The van der Waals surface area contributed by atoms with Crippen molar-refractivity contribution in [3.8, 4) is 11.5 Å². The molecule has 0 N–H and O–H groups in total. The zero-order chi connectivity index (χ0) is 26.7. The lowest BCUT2D eigenvalue weighted by Crippen LogP contribution is -2.40. The predicted molar refractivity (Wildman–Crippen MR) is 156 cm³/mol. The minimum atomic E-state index is -0.748. The van der Waals surface area contributed by atoms with Crippen LogP contribution in [0.25, 0.3) is 6.08 Å². The number of benzene rings is 2. The van der Waals surface area contributed by atoms with E-state index in [-0.39, 0.29) is 12.2 Å². The van der Waals surface area contributed by atoms with Crippen LogP contribution in [0.5, 0.6) is 11.5 Å². The Hall–Kier alpha value is -2.44. The third-order valence-electron chi connectivity index (χ3n) is 5.85. The second-order valence-corrected chi connectivity index (χ2v) is 11.3. The molecule has 0 saturated carbocycles. The molecule has 2 heterocycles. The van der Waals surface area contributed by atoms with E-state index in [0.717, 1.165) is 25.8 Å². The lowest BCUT2D eigenvalue weighted by molar-refractivity contribution is -0.139. The van der Waals surface area contributed by atoms with Crippen LogP contribution in [0.1, 0.15) is 43.9 Å². The Morgan fingerprint density at radius 1 is 1.16 bits per heavy atom. The van der Waals surface area contributed by atoms with Crippen LogP contribution < -0.4 is 24.4 Å². The van der Waals surface area contributed by atoms with Crippen LogP contribution in [0.2, 0.25) is 0 Å². The highest BCUT2D eigenvalue weighted by Crippen LogP contribution is 2.38. The van der Waals surface area contributed by atoms with Gasteiger partial charge < -0.3 is 14.2 Å². The molecule has 0 unspecified atom stereocenters. The van der Waals surface area contributed by atoms with E-state index in [0.29, 0.717) is 38.3 Å². The van der Waals surface area contributed by atoms with Crippen LogP contribution in [0.4, 0.5) is 0 Å². The number of carbonyl (C=O) groups excluding carboxylic acids is 1. The lowest BCUT2D eigenvalue weighted by Gasteiger charge is -2.27. The Bertz CT molecular complexity index is 1560. The summed E-state index contributed by atoms with van der Waals surface area (Å²) in [5, 5.41) is 0. The van der Waals surface area contributed by atoms with Crippen molar-refractivity contribution in [3.63, 3.8) is 0 Å². The second kappa shape index (κ2) is 12.0. The normalized spacial score (nSPS) is 15.3. The molecule has 7 nitrogen and oxygen atoms in total. The highest BCUT2D eigenvalue weighted by Gasteiger charge is 2.36. The lowest BCUT2D eigenvalue weighted by atomic mass is 9.93. The molecule has 1 aliphatic heterocycles. The number of esters is 1. The summed E-state index contributed by atoms with van der Waals surface area (Å²) in [6.45, 7) is 4.00. The Balaban J connectivity index is 2.03. The molecule has 0 spiro atoms. The van der Waals surface area contributed by atoms with E-state index in [2.05, 4.69) is 38.5 Å². The molecule has 0 amide bonds. The molecule has 0 saturated heterocycles. The van der Waals surface area contributed by atoms with Crippen molar-refractivity contribution in [1.29, 1.82) is 0 Å². The third-order valence-corrected chi connectivity index (χ3v) is 8.17. The number of fused-ring (bicyclic) bond motifs is 1. The number of halogens is 2. The van der Waals surface area contributed by atoms with Gasteiger partial charge in [0.2, 0.25) is 0 Å². The quantitative estimate of drug-likeness (QED) is 0.246. The van der Waals surface area contributed by atoms with Crippen LogP contribution in [-0.2, 0) is 9.53 Å². The van der Waals surface area contributed by atoms with E-state index in [1.807, 2.05) is 49.4 Å². The highest BCUT2D eigenvalue weighted by molar-refractivity contribution is 14.1. The largest absolute Gasteiger partial charge is 0.496 e. The van der Waals surface area contributed by atoms with Crippen LogP contribution in [0, 0.1) is 3.57 Å². The molecule has 0 radical (unpaired) electrons. The van der Waals surface area contributed by atoms with Crippen molar-refractivity contribution < 1.29 is 19.0 Å². The standard InChI is InChI=1S/C27H26BrIN2O5S/c1-5-7-19-23(26(33)36-6-2)24(17-14-16(28)9-11-20(17)34-3)31-25(32)22(37-27(31)30-19)13-15-8-10-21(35-4)18(29)12-15/h8-14,24H,5-7H2,1-4H3/b22-13+/t24-/m1/s1. The Kier molecular flexibility index (Phi) is 8.91. The number of carbonyl (C=O) groups is 1. The first-order valence-electron chi connectivity index (χ1n) is 11.7. The smallest absolute Gasteiger partial charge is 0.338 e. The van der Waals surface area contributed by atoms with Gasteiger partial charge in [0.15, 0.2) is 4.80 Å². The number of thiazole rings is 1. The van der Waals surface area contributed by atoms with Gasteiger partial charge in [0, 0.05) is 10.0 Å². The monoisotopic (exact) mass is 696 g/mol. The number of hydrogen-bond donors (Lipinski definition) is 0. The van der Waals surface area contributed by atoms with Crippen LogP contribution >= 0.6 is 49.9 Å². The molecular weight excluding hydrogens is 671 g/mol. The molecule has 4 rings (SSSR count). The van der Waals surface area contributed by atoms with Crippen LogP contribution in [0.3, 0.4) is 0 Å². The van der Waals surface area contributed by atoms with Gasteiger partial charge in [-0.15, -0.1) is 0 Å². The Morgan fingerprint density at radius 3 is 2.54 bits per heavy atom. The average molecular weight is 697 g/mol. The number of aromatic nitrogens is 1. The van der Waals surface area contributed by atoms with Crippen molar-refractivity contribution in [2.24, 2.45) is 4.99 Å². The highest BCUT2D eigenvalue weighted by atomic mass is 127. The van der Waals surface area contributed by atoms with Gasteiger partial charge in [0.25, 0.3) is 5.56 Å². The van der Waals surface area contributed by atoms with Crippen LogP contribution in [-0.4, -0.2) is 31.4 Å². The summed E-state index contributed by atoms with van der Waals surface area (Å²) in [6, 6.07) is 10.5. The van der Waals surface area contributed by atoms with Gasteiger partial charge in [-0.25, -0.2) is 9.79 Å². The molecule has 194 valence electrons. The van der Waals surface area contributed by atoms with Gasteiger partial charge in [0.1, 0.15) is 17.5 Å². The SMILES string of the molecule is CCCC1=C(C(=O)OCC)[C@@H](c2cc(Br)ccc2OC)n2c(s/c(=C/c3ccc(OC)c(I)c3)c2=O)=N1. The van der Waals surface area contributed by atoms with Gasteiger partial charge in [-0.05, 0) is 77.9 Å². The molecule has 0 aliphatic carbocycles. The summed E-state index contributed by atoms with van der Waals surface area (Å²) < 4.78 is 20.3. The van der Waals surface area contributed by atoms with Gasteiger partial charge in [-0.1, -0.05) is 46.7 Å². The summed E-state index contributed by atoms with van der Waals surface area (Å²) in [5.74, 6) is 0.844. The summed E-state index contributed by atoms with van der Waals surface area (Å²) >= 11 is 7.05. The van der Waals surface area contributed by atoms with E-state index in [4.69, 9.17) is 19.2 Å². The number of methoxy groups -OCH3 is 2. The third kappa shape index (κ3) is 5.56. The topological polar surface area (TPSA) is 79.1 Å². The first-order chi connectivity index (χ1) is 17.8. The first-order valence-corrected chi connectivity index (χ1v) is 14.4. The number of rotatable bonds is 8.